The van der Waals surface area contributed by atoms with E-state index in [-0.39, 0.29) is 41.5 Å². The number of urea groups is 1. The lowest BCUT2D eigenvalue weighted by atomic mass is 10.0. The van der Waals surface area contributed by atoms with E-state index in [9.17, 15) is 19.2 Å². The van der Waals surface area contributed by atoms with Crippen LogP contribution >= 0.6 is 0 Å². The Bertz CT molecular complexity index is 1110. The summed E-state index contributed by atoms with van der Waals surface area (Å²) in [6.07, 6.45) is 0. The van der Waals surface area contributed by atoms with Crippen LogP contribution in [0.15, 0.2) is 65.9 Å². The number of esters is 2. The normalized spacial score (nSPS) is 15.1. The summed E-state index contributed by atoms with van der Waals surface area (Å²) in [6.45, 7) is 3.45. The fraction of sp³-hybridized carbons (Fsp3) is 0.280. The van der Waals surface area contributed by atoms with Crippen LogP contribution in [-0.2, 0) is 20.8 Å². The molecular weight excluding hydrogens is 438 g/mol. The van der Waals surface area contributed by atoms with Crippen LogP contribution in [0.2, 0.25) is 0 Å². The van der Waals surface area contributed by atoms with Gasteiger partial charge in [-0.15, -0.1) is 0 Å². The minimum Gasteiger partial charge on any atom is -0.463 e. The van der Waals surface area contributed by atoms with Crippen LogP contribution in [0.3, 0.4) is 0 Å². The zero-order valence-electron chi connectivity index (χ0n) is 19.3. The van der Waals surface area contributed by atoms with Gasteiger partial charge in [0, 0.05) is 13.6 Å². The molecule has 1 aliphatic heterocycles. The van der Waals surface area contributed by atoms with Gasteiger partial charge in [-0.1, -0.05) is 42.5 Å². The second-order valence-electron chi connectivity index (χ2n) is 7.70. The topological polar surface area (TPSA) is 114 Å². The molecule has 0 fully saturated rings. The van der Waals surface area contributed by atoms with E-state index in [0.717, 1.165) is 5.56 Å². The predicted octanol–water partition coefficient (Wildman–Crippen LogP) is 2.63. The third kappa shape index (κ3) is 5.80. The highest BCUT2D eigenvalue weighted by Gasteiger charge is 2.30. The van der Waals surface area contributed by atoms with Crippen molar-refractivity contribution >= 4 is 23.9 Å². The van der Waals surface area contributed by atoms with E-state index in [1.54, 1.807) is 39.1 Å². The number of rotatable bonds is 8. The van der Waals surface area contributed by atoms with Gasteiger partial charge in [0.15, 0.2) is 0 Å². The molecule has 9 nitrogen and oxygen atoms in total. The molecular formula is C25H27N3O6. The summed E-state index contributed by atoms with van der Waals surface area (Å²) in [5.41, 5.74) is 1.52. The number of hydrogen-bond donors (Lipinski definition) is 2. The molecule has 1 heterocycles. The van der Waals surface area contributed by atoms with Crippen molar-refractivity contribution in [1.82, 2.24) is 15.5 Å². The lowest BCUT2D eigenvalue weighted by Gasteiger charge is -2.26. The van der Waals surface area contributed by atoms with Crippen LogP contribution in [0, 0.1) is 0 Å². The zero-order chi connectivity index (χ0) is 24.7. The summed E-state index contributed by atoms with van der Waals surface area (Å²) in [6, 6.07) is 14.7. The Hall–Kier alpha value is -4.14. The molecule has 3 amide bonds. The molecule has 0 unspecified atom stereocenters. The highest BCUT2D eigenvalue weighted by molar-refractivity contribution is 6.05. The number of hydrogen-bond acceptors (Lipinski definition) is 6. The first kappa shape index (κ1) is 24.5. The minimum absolute atomic E-state index is 0.0824. The first-order chi connectivity index (χ1) is 16.3. The predicted molar refractivity (Wildman–Crippen MR) is 124 cm³/mol. The molecule has 1 atom stereocenters. The second kappa shape index (κ2) is 11.1. The second-order valence-corrected chi connectivity index (χ2v) is 7.70. The minimum atomic E-state index is -0.756. The zero-order valence-corrected chi connectivity index (χ0v) is 19.3. The lowest BCUT2D eigenvalue weighted by molar-refractivity contribution is -0.139. The molecule has 2 N–H and O–H groups in total. The van der Waals surface area contributed by atoms with Crippen LogP contribution in [-0.4, -0.2) is 55.1 Å². The first-order valence-electron chi connectivity index (χ1n) is 10.8. The van der Waals surface area contributed by atoms with Crippen molar-refractivity contribution in [1.29, 1.82) is 0 Å². The Morgan fingerprint density at radius 1 is 0.941 bits per heavy atom. The van der Waals surface area contributed by atoms with E-state index in [1.165, 1.54) is 11.0 Å². The first-order valence-corrected chi connectivity index (χ1v) is 10.8. The van der Waals surface area contributed by atoms with Gasteiger partial charge < -0.3 is 25.0 Å². The average molecular weight is 466 g/mol. The maximum absolute atomic E-state index is 13.1. The Kier molecular flexibility index (Phi) is 8.02. The summed E-state index contributed by atoms with van der Waals surface area (Å²) in [5.74, 6) is -1.72. The smallest absolute Gasteiger partial charge is 0.339 e. The molecule has 178 valence electrons. The number of amides is 3. The molecule has 0 bridgehead atoms. The lowest BCUT2D eigenvalue weighted by Crippen LogP contribution is -2.50. The van der Waals surface area contributed by atoms with Crippen LogP contribution < -0.4 is 10.6 Å². The molecule has 0 saturated carbocycles. The van der Waals surface area contributed by atoms with Crippen LogP contribution in [0.4, 0.5) is 4.79 Å². The van der Waals surface area contributed by atoms with Gasteiger partial charge in [-0.25, -0.2) is 14.4 Å². The maximum atomic E-state index is 13.1. The van der Waals surface area contributed by atoms with E-state index in [1.807, 2.05) is 30.3 Å². The molecule has 0 radical (unpaired) electrons. The SMILES string of the molecule is CCOC(=O)C1=C(COC(=O)c2ccccc2C(=O)N(C)Cc2ccccc2)NC(=O)N[C@@H]1C. The van der Waals surface area contributed by atoms with Gasteiger partial charge in [-0.2, -0.15) is 0 Å². The van der Waals surface area contributed by atoms with E-state index < -0.39 is 24.0 Å². The highest BCUT2D eigenvalue weighted by atomic mass is 16.5. The Morgan fingerprint density at radius 3 is 2.26 bits per heavy atom. The Morgan fingerprint density at radius 2 is 1.59 bits per heavy atom. The van der Waals surface area contributed by atoms with Gasteiger partial charge in [0.1, 0.15) is 6.61 Å². The Labute approximate surface area is 197 Å². The van der Waals surface area contributed by atoms with E-state index in [2.05, 4.69) is 10.6 Å². The number of carbonyl (C=O) groups excluding carboxylic acids is 4. The van der Waals surface area contributed by atoms with Crippen molar-refractivity contribution in [2.45, 2.75) is 26.4 Å². The van der Waals surface area contributed by atoms with Gasteiger partial charge in [0.25, 0.3) is 5.91 Å². The van der Waals surface area contributed by atoms with E-state index in [0.29, 0.717) is 6.54 Å². The van der Waals surface area contributed by atoms with Gasteiger partial charge in [-0.05, 0) is 31.5 Å². The quantitative estimate of drug-likeness (QED) is 0.580. The van der Waals surface area contributed by atoms with Crippen molar-refractivity contribution in [2.75, 3.05) is 20.3 Å². The Balaban J connectivity index is 1.77. The molecule has 0 aliphatic carbocycles. The molecule has 1 aliphatic rings. The van der Waals surface area contributed by atoms with E-state index in [4.69, 9.17) is 9.47 Å². The molecule has 0 saturated heterocycles. The summed E-state index contributed by atoms with van der Waals surface area (Å²) >= 11 is 0. The largest absolute Gasteiger partial charge is 0.463 e. The molecule has 2 aromatic carbocycles. The third-order valence-corrected chi connectivity index (χ3v) is 5.20. The number of nitrogens with zero attached hydrogens (tertiary/aromatic N) is 1. The van der Waals surface area contributed by atoms with Gasteiger partial charge >= 0.3 is 18.0 Å². The standard InChI is InChI=1S/C25H27N3O6/c1-4-33-24(31)21-16(2)26-25(32)27-20(21)15-34-23(30)19-13-9-8-12-18(19)22(29)28(3)14-17-10-6-5-7-11-17/h5-13,16H,4,14-15H2,1-3H3,(H2,26,27,32)/t16-/m1/s1. The summed E-state index contributed by atoms with van der Waals surface area (Å²) < 4.78 is 10.4. The average Bonchev–Trinajstić information content (AvgIpc) is 2.82. The van der Waals surface area contributed by atoms with Crippen molar-refractivity contribution in [3.8, 4) is 0 Å². The van der Waals surface area contributed by atoms with Crippen LogP contribution in [0.1, 0.15) is 40.1 Å². The molecule has 0 spiro atoms. The fourth-order valence-electron chi connectivity index (χ4n) is 3.59. The monoisotopic (exact) mass is 465 g/mol. The van der Waals surface area contributed by atoms with Crippen molar-refractivity contribution in [3.63, 3.8) is 0 Å². The van der Waals surface area contributed by atoms with Crippen molar-refractivity contribution in [2.24, 2.45) is 0 Å². The number of carbonyl (C=O) groups is 4. The van der Waals surface area contributed by atoms with Gasteiger partial charge in [-0.3, -0.25) is 4.79 Å². The van der Waals surface area contributed by atoms with E-state index >= 15 is 0 Å². The fourth-order valence-corrected chi connectivity index (χ4v) is 3.59. The number of nitrogens with one attached hydrogen (secondary N) is 2. The summed E-state index contributed by atoms with van der Waals surface area (Å²) in [4.78, 5) is 51.7. The van der Waals surface area contributed by atoms with Crippen molar-refractivity contribution in [3.05, 3.63) is 82.6 Å². The highest BCUT2D eigenvalue weighted by Crippen LogP contribution is 2.18. The molecule has 0 aromatic heterocycles. The van der Waals surface area contributed by atoms with Crippen LogP contribution in [0.25, 0.3) is 0 Å². The summed E-state index contributed by atoms with van der Waals surface area (Å²) in [7, 11) is 1.65. The van der Waals surface area contributed by atoms with Gasteiger partial charge in [0.2, 0.25) is 0 Å². The maximum Gasteiger partial charge on any atom is 0.339 e. The van der Waals surface area contributed by atoms with Gasteiger partial charge in [0.05, 0.1) is 35.0 Å². The molecule has 3 rings (SSSR count). The number of ether oxygens (including phenoxy) is 2. The summed E-state index contributed by atoms with van der Waals surface area (Å²) in [5, 5.41) is 5.08. The number of benzene rings is 2. The van der Waals surface area contributed by atoms with Crippen molar-refractivity contribution < 1.29 is 28.7 Å². The molecule has 2 aromatic rings. The molecule has 9 heteroatoms. The molecule has 34 heavy (non-hydrogen) atoms. The third-order valence-electron chi connectivity index (χ3n) is 5.20. The van der Waals surface area contributed by atoms with Crippen LogP contribution in [0.5, 0.6) is 0 Å².